The predicted molar refractivity (Wildman–Crippen MR) is 65.1 cm³/mol. The molecule has 1 aliphatic heterocycles. The normalized spacial score (nSPS) is 20.0. The van der Waals surface area contributed by atoms with Gasteiger partial charge in [0.1, 0.15) is 0 Å². The van der Waals surface area contributed by atoms with Gasteiger partial charge in [0.25, 0.3) is 0 Å². The van der Waals surface area contributed by atoms with Crippen LogP contribution in [0.15, 0.2) is 0 Å². The van der Waals surface area contributed by atoms with Gasteiger partial charge >= 0.3 is 7.82 Å². The molecule has 19 heavy (non-hydrogen) atoms. The number of hydrogen-bond acceptors (Lipinski definition) is 7. The van der Waals surface area contributed by atoms with Gasteiger partial charge in [0.15, 0.2) is 0 Å². The smallest absolute Gasteiger partial charge is 0.394 e. The monoisotopic (exact) mass is 303 g/mol. The number of phosphoric ester groups is 1. The molecule has 0 aromatic heterocycles. The molecule has 9 nitrogen and oxygen atoms in total. The van der Waals surface area contributed by atoms with E-state index in [2.05, 4.69) is 4.52 Å². The number of hydrogen-bond donors (Lipinski definition) is 6. The molecular weight excluding hydrogens is 281 g/mol. The van der Waals surface area contributed by atoms with Crippen molar-refractivity contribution in [1.29, 1.82) is 0 Å². The minimum Gasteiger partial charge on any atom is -0.394 e. The Balaban J connectivity index is 0.000000362. The fourth-order valence-electron chi connectivity index (χ4n) is 1.11. The second-order valence-corrected chi connectivity index (χ2v) is 5.50. The maximum absolute atomic E-state index is 10.2. The molecule has 1 atom stereocenters. The second kappa shape index (κ2) is 8.96. The minimum atomic E-state index is -4.30. The topological polar surface area (TPSA) is 163 Å². The first kappa shape index (κ1) is 18.9. The fraction of sp³-hybridized carbons (Fsp3) is 1.00. The lowest BCUT2D eigenvalue weighted by Gasteiger charge is -2.20. The van der Waals surface area contributed by atoms with Crippen molar-refractivity contribution in [2.45, 2.75) is 24.5 Å². The summed E-state index contributed by atoms with van der Waals surface area (Å²) in [6.45, 7) is -0.556. The Morgan fingerprint density at radius 3 is 2.05 bits per heavy atom. The van der Waals surface area contributed by atoms with E-state index in [-0.39, 0.29) is 12.7 Å². The van der Waals surface area contributed by atoms with E-state index in [9.17, 15) is 4.57 Å². The van der Waals surface area contributed by atoms with Gasteiger partial charge in [0.05, 0.1) is 38.1 Å². The predicted octanol–water partition coefficient (Wildman–Crippen LogP) is -2.06. The lowest BCUT2D eigenvalue weighted by molar-refractivity contribution is 0.0547. The third-order valence-corrected chi connectivity index (χ3v) is 2.88. The van der Waals surface area contributed by atoms with Crippen LogP contribution in [0.25, 0.3) is 0 Å². The Hall–Kier alpha value is -0.0900. The molecule has 1 heterocycles. The Bertz CT molecular complexity index is 265. The fourth-order valence-corrected chi connectivity index (χ4v) is 1.47. The van der Waals surface area contributed by atoms with Gasteiger partial charge in [-0.15, -0.1) is 0 Å². The van der Waals surface area contributed by atoms with Gasteiger partial charge in [-0.3, -0.25) is 4.52 Å². The zero-order valence-electron chi connectivity index (χ0n) is 10.5. The molecule has 0 bridgehead atoms. The first-order valence-electron chi connectivity index (χ1n) is 5.69. The molecule has 1 saturated heterocycles. The number of ether oxygens (including phenoxy) is 1. The quantitative estimate of drug-likeness (QED) is 0.303. The molecular formula is C9H22NO8P. The summed E-state index contributed by atoms with van der Waals surface area (Å²) in [6.07, 6.45) is 1.62. The molecule has 0 spiro atoms. The van der Waals surface area contributed by atoms with E-state index in [4.69, 9.17) is 35.6 Å². The molecule has 0 aromatic carbocycles. The highest BCUT2D eigenvalue weighted by Crippen LogP contribution is 2.36. The lowest BCUT2D eigenvalue weighted by atomic mass is 10.1. The van der Waals surface area contributed by atoms with E-state index < -0.39 is 33.2 Å². The van der Waals surface area contributed by atoms with Crippen molar-refractivity contribution in [3.05, 3.63) is 0 Å². The number of nitrogens with two attached hydrogens (primary N) is 1. The van der Waals surface area contributed by atoms with Crippen LogP contribution in [0.4, 0.5) is 0 Å². The molecule has 0 amide bonds. The number of rotatable bonds is 6. The first-order valence-corrected chi connectivity index (χ1v) is 7.22. The molecule has 0 saturated carbocycles. The van der Waals surface area contributed by atoms with Crippen molar-refractivity contribution < 1.29 is 38.9 Å². The molecule has 0 radical (unpaired) electrons. The summed E-state index contributed by atoms with van der Waals surface area (Å²) in [5.41, 5.74) is 3.94. The van der Waals surface area contributed by atoms with Crippen LogP contribution in [0.3, 0.4) is 0 Å². The highest BCUT2D eigenvalue weighted by Gasteiger charge is 2.21. The standard InChI is InChI=1S/C5H11O5P.C4H11NO3/c6-11(7,8)10-4-5-2-1-3-9-5;5-4(1-6,2-7)3-8/h5H,1-4H2,(H2,6,7,8);6-8H,1-3,5H2. The maximum atomic E-state index is 10.2. The zero-order valence-corrected chi connectivity index (χ0v) is 11.4. The Kier molecular flexibility index (Phi) is 8.92. The van der Waals surface area contributed by atoms with Crippen molar-refractivity contribution in [2.75, 3.05) is 33.0 Å². The zero-order chi connectivity index (χ0) is 14.9. The molecule has 1 fully saturated rings. The van der Waals surface area contributed by atoms with Gasteiger partial charge < -0.3 is 35.6 Å². The van der Waals surface area contributed by atoms with Gasteiger partial charge in [-0.05, 0) is 12.8 Å². The van der Waals surface area contributed by atoms with Gasteiger partial charge in [0.2, 0.25) is 0 Å². The average Bonchev–Trinajstić information content (AvgIpc) is 2.88. The van der Waals surface area contributed by atoms with Gasteiger partial charge in [-0.1, -0.05) is 0 Å². The highest BCUT2D eigenvalue weighted by molar-refractivity contribution is 7.46. The molecule has 1 aliphatic rings. The summed E-state index contributed by atoms with van der Waals surface area (Å²) in [5, 5.41) is 25.0. The first-order chi connectivity index (χ1) is 8.76. The van der Waals surface area contributed by atoms with Crippen LogP contribution >= 0.6 is 7.82 Å². The summed E-state index contributed by atoms with van der Waals surface area (Å²) >= 11 is 0. The van der Waals surface area contributed by atoms with E-state index in [0.717, 1.165) is 12.8 Å². The summed E-state index contributed by atoms with van der Waals surface area (Å²) in [5.74, 6) is 0. The molecule has 0 aromatic rings. The SMILES string of the molecule is NC(CO)(CO)CO.O=P(O)(O)OCC1CCCO1. The van der Waals surface area contributed by atoms with E-state index in [0.29, 0.717) is 6.61 Å². The summed E-state index contributed by atoms with van der Waals surface area (Å²) in [7, 11) is -4.30. The van der Waals surface area contributed by atoms with Crippen molar-refractivity contribution >= 4 is 7.82 Å². The minimum absolute atomic E-state index is 0.00965. The number of aliphatic hydroxyl groups is 3. The molecule has 0 aliphatic carbocycles. The number of aliphatic hydroxyl groups excluding tert-OH is 3. The summed E-state index contributed by atoms with van der Waals surface area (Å²) < 4.78 is 19.5. The van der Waals surface area contributed by atoms with Crippen LogP contribution in [0.2, 0.25) is 0 Å². The Morgan fingerprint density at radius 1 is 1.26 bits per heavy atom. The molecule has 10 heteroatoms. The van der Waals surface area contributed by atoms with Gasteiger partial charge in [0, 0.05) is 6.61 Å². The van der Waals surface area contributed by atoms with Crippen molar-refractivity contribution in [3.63, 3.8) is 0 Å². The molecule has 1 rings (SSSR count). The average molecular weight is 303 g/mol. The van der Waals surface area contributed by atoms with Crippen LogP contribution in [-0.2, 0) is 13.8 Å². The Morgan fingerprint density at radius 2 is 1.79 bits per heavy atom. The van der Waals surface area contributed by atoms with Crippen LogP contribution in [0, 0.1) is 0 Å². The third-order valence-electron chi connectivity index (χ3n) is 2.40. The molecule has 1 unspecified atom stereocenters. The molecule has 7 N–H and O–H groups in total. The second-order valence-electron chi connectivity index (χ2n) is 4.26. The van der Waals surface area contributed by atoms with Crippen LogP contribution in [0.1, 0.15) is 12.8 Å². The van der Waals surface area contributed by atoms with Crippen molar-refractivity contribution in [3.8, 4) is 0 Å². The van der Waals surface area contributed by atoms with Crippen LogP contribution in [-0.4, -0.2) is 69.8 Å². The maximum Gasteiger partial charge on any atom is 0.469 e. The lowest BCUT2D eigenvalue weighted by Crippen LogP contribution is -2.50. The van der Waals surface area contributed by atoms with E-state index in [1.54, 1.807) is 0 Å². The van der Waals surface area contributed by atoms with Gasteiger partial charge in [-0.2, -0.15) is 0 Å². The van der Waals surface area contributed by atoms with Crippen LogP contribution in [0.5, 0.6) is 0 Å². The van der Waals surface area contributed by atoms with Crippen molar-refractivity contribution in [2.24, 2.45) is 5.73 Å². The van der Waals surface area contributed by atoms with Crippen LogP contribution < -0.4 is 5.73 Å². The highest BCUT2D eigenvalue weighted by atomic mass is 31.2. The largest absolute Gasteiger partial charge is 0.469 e. The van der Waals surface area contributed by atoms with E-state index >= 15 is 0 Å². The number of phosphoric acid groups is 1. The Labute approximate surface area is 111 Å². The van der Waals surface area contributed by atoms with E-state index in [1.807, 2.05) is 0 Å². The molecule has 116 valence electrons. The van der Waals surface area contributed by atoms with Crippen molar-refractivity contribution in [1.82, 2.24) is 0 Å². The summed E-state index contributed by atoms with van der Waals surface area (Å²) in [4.78, 5) is 16.6. The third kappa shape index (κ3) is 9.44. The van der Waals surface area contributed by atoms with Gasteiger partial charge in [-0.25, -0.2) is 4.57 Å². The summed E-state index contributed by atoms with van der Waals surface area (Å²) in [6, 6.07) is 0. The van der Waals surface area contributed by atoms with E-state index in [1.165, 1.54) is 0 Å².